The molecule has 0 radical (unpaired) electrons. The number of carbonyl (C=O) groups excluding carboxylic acids is 2. The SMILES string of the molecule is CCNC(=O)[C@@H](C)N(Cc1ccc(Cl)c(Cl)c1)C(=O)CN(c1cccc(OC)c1)S(=O)(=O)c1ccc(C)cc1. The van der Waals surface area contributed by atoms with Crippen LogP contribution in [0.15, 0.2) is 71.6 Å². The lowest BCUT2D eigenvalue weighted by molar-refractivity contribution is -0.139. The Labute approximate surface area is 239 Å². The van der Waals surface area contributed by atoms with Gasteiger partial charge in [-0.3, -0.25) is 13.9 Å². The quantitative estimate of drug-likeness (QED) is 0.336. The fourth-order valence-corrected chi connectivity index (χ4v) is 5.60. The molecule has 0 saturated carbocycles. The summed E-state index contributed by atoms with van der Waals surface area (Å²) < 4.78 is 34.0. The van der Waals surface area contributed by atoms with Gasteiger partial charge in [0.1, 0.15) is 18.3 Å². The summed E-state index contributed by atoms with van der Waals surface area (Å²) in [5.74, 6) is -0.536. The van der Waals surface area contributed by atoms with E-state index in [9.17, 15) is 18.0 Å². The first kappa shape index (κ1) is 30.3. The molecule has 0 aliphatic carbocycles. The summed E-state index contributed by atoms with van der Waals surface area (Å²) in [7, 11) is -2.71. The van der Waals surface area contributed by atoms with Gasteiger partial charge in [-0.2, -0.15) is 0 Å². The van der Waals surface area contributed by atoms with Crippen molar-refractivity contribution in [3.05, 3.63) is 87.9 Å². The Hall–Kier alpha value is -3.27. The molecule has 0 aliphatic heterocycles. The zero-order chi connectivity index (χ0) is 28.7. The van der Waals surface area contributed by atoms with Crippen LogP contribution >= 0.6 is 23.2 Å². The van der Waals surface area contributed by atoms with Gasteiger partial charge in [0.15, 0.2) is 0 Å². The van der Waals surface area contributed by atoms with E-state index in [1.165, 1.54) is 30.2 Å². The van der Waals surface area contributed by atoms with Gasteiger partial charge in [0.05, 0.1) is 27.7 Å². The molecular weight excluding hydrogens is 561 g/mol. The Balaban J connectivity index is 2.06. The molecule has 2 amide bonds. The summed E-state index contributed by atoms with van der Waals surface area (Å²) in [6, 6.07) is 16.8. The third kappa shape index (κ3) is 7.44. The number of hydrogen-bond donors (Lipinski definition) is 1. The standard InChI is InChI=1S/C28H31Cl2N3O5S/c1-5-31-28(35)20(3)32(17-21-11-14-25(29)26(30)15-21)27(34)18-33(22-7-6-8-23(16-22)38-4)39(36,37)24-12-9-19(2)10-13-24/h6-16,20H,5,17-18H2,1-4H3,(H,31,35)/t20-/m1/s1. The molecular formula is C28H31Cl2N3O5S. The molecule has 3 aromatic rings. The number of halogens is 2. The maximum absolute atomic E-state index is 13.9. The second-order valence-electron chi connectivity index (χ2n) is 8.87. The van der Waals surface area contributed by atoms with E-state index in [0.717, 1.165) is 9.87 Å². The first-order valence-corrected chi connectivity index (χ1v) is 14.4. The highest BCUT2D eigenvalue weighted by Crippen LogP contribution is 2.28. The van der Waals surface area contributed by atoms with Gasteiger partial charge < -0.3 is 15.0 Å². The van der Waals surface area contributed by atoms with Crippen molar-refractivity contribution in [3.8, 4) is 5.75 Å². The second kappa shape index (κ2) is 13.2. The predicted molar refractivity (Wildman–Crippen MR) is 154 cm³/mol. The van der Waals surface area contributed by atoms with E-state index < -0.39 is 28.5 Å². The van der Waals surface area contributed by atoms with Crippen molar-refractivity contribution in [2.24, 2.45) is 0 Å². The van der Waals surface area contributed by atoms with Gasteiger partial charge in [-0.15, -0.1) is 0 Å². The van der Waals surface area contributed by atoms with Gasteiger partial charge in [0.25, 0.3) is 10.0 Å². The number of nitrogens with one attached hydrogen (secondary N) is 1. The summed E-state index contributed by atoms with van der Waals surface area (Å²) in [6.45, 7) is 5.03. The maximum atomic E-state index is 13.9. The van der Waals surface area contributed by atoms with Crippen LogP contribution in [0, 0.1) is 6.92 Å². The molecule has 39 heavy (non-hydrogen) atoms. The van der Waals surface area contributed by atoms with E-state index in [1.807, 2.05) is 6.92 Å². The normalized spacial score (nSPS) is 11.9. The summed E-state index contributed by atoms with van der Waals surface area (Å²) in [4.78, 5) is 28.0. The minimum absolute atomic E-state index is 0.00452. The molecule has 0 heterocycles. The summed E-state index contributed by atoms with van der Waals surface area (Å²) in [6.07, 6.45) is 0. The smallest absolute Gasteiger partial charge is 0.264 e. The minimum Gasteiger partial charge on any atom is -0.497 e. The zero-order valence-corrected chi connectivity index (χ0v) is 24.5. The number of sulfonamides is 1. The largest absolute Gasteiger partial charge is 0.497 e. The van der Waals surface area contributed by atoms with Crippen molar-refractivity contribution < 1.29 is 22.7 Å². The minimum atomic E-state index is -4.17. The van der Waals surface area contributed by atoms with Crippen molar-refractivity contribution in [2.75, 3.05) is 24.5 Å². The van der Waals surface area contributed by atoms with E-state index in [4.69, 9.17) is 27.9 Å². The number of hydrogen-bond acceptors (Lipinski definition) is 5. The molecule has 0 spiro atoms. The van der Waals surface area contributed by atoms with Gasteiger partial charge in [0.2, 0.25) is 11.8 Å². The van der Waals surface area contributed by atoms with Crippen molar-refractivity contribution >= 4 is 50.7 Å². The van der Waals surface area contributed by atoms with Crippen molar-refractivity contribution in [3.63, 3.8) is 0 Å². The third-order valence-electron chi connectivity index (χ3n) is 6.08. The average molecular weight is 593 g/mol. The van der Waals surface area contributed by atoms with Crippen LogP contribution in [0.2, 0.25) is 10.0 Å². The average Bonchev–Trinajstić information content (AvgIpc) is 2.92. The van der Waals surface area contributed by atoms with Crippen LogP contribution in [0.5, 0.6) is 5.75 Å². The topological polar surface area (TPSA) is 96.0 Å². The molecule has 0 fully saturated rings. The molecule has 3 rings (SSSR count). The van der Waals surface area contributed by atoms with Crippen LogP contribution < -0.4 is 14.4 Å². The van der Waals surface area contributed by atoms with Gasteiger partial charge in [-0.1, -0.05) is 53.0 Å². The van der Waals surface area contributed by atoms with E-state index in [1.54, 1.807) is 62.4 Å². The molecule has 11 heteroatoms. The molecule has 0 aliphatic rings. The highest BCUT2D eigenvalue weighted by atomic mass is 35.5. The Morgan fingerprint density at radius 1 is 1.00 bits per heavy atom. The molecule has 0 unspecified atom stereocenters. The fraction of sp³-hybridized carbons (Fsp3) is 0.286. The molecule has 1 N–H and O–H groups in total. The van der Waals surface area contributed by atoms with E-state index in [0.29, 0.717) is 27.9 Å². The van der Waals surface area contributed by atoms with Crippen molar-refractivity contribution in [1.29, 1.82) is 0 Å². The molecule has 8 nitrogen and oxygen atoms in total. The van der Waals surface area contributed by atoms with E-state index in [-0.39, 0.29) is 23.0 Å². The first-order chi connectivity index (χ1) is 18.5. The molecule has 0 bridgehead atoms. The zero-order valence-electron chi connectivity index (χ0n) is 22.1. The number of carbonyl (C=O) groups is 2. The molecule has 0 saturated heterocycles. The maximum Gasteiger partial charge on any atom is 0.264 e. The van der Waals surface area contributed by atoms with Crippen LogP contribution in [0.3, 0.4) is 0 Å². The Kier molecular flexibility index (Phi) is 10.2. The lowest BCUT2D eigenvalue weighted by Gasteiger charge is -2.32. The van der Waals surface area contributed by atoms with Crippen LogP contribution in [0.25, 0.3) is 0 Å². The van der Waals surface area contributed by atoms with Crippen LogP contribution in [0.4, 0.5) is 5.69 Å². The van der Waals surface area contributed by atoms with Crippen LogP contribution in [-0.2, 0) is 26.2 Å². The van der Waals surface area contributed by atoms with Crippen LogP contribution in [-0.4, -0.2) is 51.4 Å². The number of benzene rings is 3. The number of aryl methyl sites for hydroxylation is 1. The molecule has 3 aromatic carbocycles. The fourth-order valence-electron chi connectivity index (χ4n) is 3.87. The summed E-state index contributed by atoms with van der Waals surface area (Å²) >= 11 is 12.2. The number of rotatable bonds is 11. The summed E-state index contributed by atoms with van der Waals surface area (Å²) in [5.41, 5.74) is 1.76. The monoisotopic (exact) mass is 591 g/mol. The van der Waals surface area contributed by atoms with E-state index >= 15 is 0 Å². The highest BCUT2D eigenvalue weighted by molar-refractivity contribution is 7.92. The number of likely N-dealkylation sites (N-methyl/N-ethyl adjacent to an activating group) is 1. The highest BCUT2D eigenvalue weighted by Gasteiger charge is 2.32. The Bertz CT molecular complexity index is 1430. The third-order valence-corrected chi connectivity index (χ3v) is 8.61. The number of nitrogens with zero attached hydrogens (tertiary/aromatic N) is 2. The van der Waals surface area contributed by atoms with Crippen molar-refractivity contribution in [1.82, 2.24) is 10.2 Å². The van der Waals surface area contributed by atoms with Gasteiger partial charge in [0, 0.05) is 19.2 Å². The second-order valence-corrected chi connectivity index (χ2v) is 11.5. The number of anilines is 1. The van der Waals surface area contributed by atoms with Crippen LogP contribution in [0.1, 0.15) is 25.0 Å². The summed E-state index contributed by atoms with van der Waals surface area (Å²) in [5, 5.41) is 3.37. The predicted octanol–water partition coefficient (Wildman–Crippen LogP) is 5.06. The number of amides is 2. The van der Waals surface area contributed by atoms with Gasteiger partial charge in [-0.25, -0.2) is 8.42 Å². The first-order valence-electron chi connectivity index (χ1n) is 12.2. The lowest BCUT2D eigenvalue weighted by Crippen LogP contribution is -2.51. The van der Waals surface area contributed by atoms with E-state index in [2.05, 4.69) is 5.32 Å². The molecule has 208 valence electrons. The lowest BCUT2D eigenvalue weighted by atomic mass is 10.1. The number of ether oxygens (including phenoxy) is 1. The number of methoxy groups -OCH3 is 1. The van der Waals surface area contributed by atoms with Gasteiger partial charge >= 0.3 is 0 Å². The molecule has 0 aromatic heterocycles. The Morgan fingerprint density at radius 3 is 2.31 bits per heavy atom. The van der Waals surface area contributed by atoms with Gasteiger partial charge in [-0.05, 0) is 62.7 Å². The molecule has 1 atom stereocenters. The van der Waals surface area contributed by atoms with Crippen molar-refractivity contribution in [2.45, 2.75) is 38.3 Å². The Morgan fingerprint density at radius 2 is 1.69 bits per heavy atom.